The SMILES string of the molecule is CNCc1ccc(OC)c(CS(=O)(=O)C(C)C(C)C)c1. The summed E-state index contributed by atoms with van der Waals surface area (Å²) in [5.41, 5.74) is 1.78. The molecule has 4 nitrogen and oxygen atoms in total. The van der Waals surface area contributed by atoms with Crippen LogP contribution in [0.4, 0.5) is 0 Å². The normalized spacial score (nSPS) is 13.5. The van der Waals surface area contributed by atoms with Crippen molar-refractivity contribution in [1.29, 1.82) is 0 Å². The van der Waals surface area contributed by atoms with E-state index in [-0.39, 0.29) is 16.9 Å². The fraction of sp³-hybridized carbons (Fsp3) is 0.600. The van der Waals surface area contributed by atoms with Crippen LogP contribution in [0.2, 0.25) is 0 Å². The molecule has 0 aliphatic rings. The lowest BCUT2D eigenvalue weighted by molar-refractivity contribution is 0.410. The van der Waals surface area contributed by atoms with Crippen LogP contribution in [0.15, 0.2) is 18.2 Å². The molecule has 0 bridgehead atoms. The Bertz CT molecular complexity index is 538. The van der Waals surface area contributed by atoms with Crippen molar-refractivity contribution < 1.29 is 13.2 Å². The van der Waals surface area contributed by atoms with Crippen LogP contribution >= 0.6 is 0 Å². The first-order chi connectivity index (χ1) is 9.31. The molecule has 1 aromatic carbocycles. The largest absolute Gasteiger partial charge is 0.496 e. The number of hydrogen-bond donors (Lipinski definition) is 1. The predicted molar refractivity (Wildman–Crippen MR) is 82.7 cm³/mol. The minimum absolute atomic E-state index is 0.0209. The zero-order chi connectivity index (χ0) is 15.3. The molecule has 0 aliphatic heterocycles. The van der Waals surface area contributed by atoms with E-state index < -0.39 is 9.84 Å². The monoisotopic (exact) mass is 299 g/mol. The molecule has 0 fully saturated rings. The van der Waals surface area contributed by atoms with Gasteiger partial charge in [0.15, 0.2) is 9.84 Å². The lowest BCUT2D eigenvalue weighted by Gasteiger charge is -2.18. The molecule has 1 N–H and O–H groups in total. The van der Waals surface area contributed by atoms with E-state index in [9.17, 15) is 8.42 Å². The van der Waals surface area contributed by atoms with Gasteiger partial charge in [0, 0.05) is 12.1 Å². The fourth-order valence-corrected chi connectivity index (χ4v) is 3.77. The van der Waals surface area contributed by atoms with Gasteiger partial charge in [0.25, 0.3) is 0 Å². The average molecular weight is 299 g/mol. The Morgan fingerprint density at radius 3 is 2.40 bits per heavy atom. The van der Waals surface area contributed by atoms with Crippen molar-refractivity contribution >= 4 is 9.84 Å². The van der Waals surface area contributed by atoms with E-state index in [1.165, 1.54) is 0 Å². The van der Waals surface area contributed by atoms with Crippen molar-refractivity contribution in [3.05, 3.63) is 29.3 Å². The van der Waals surface area contributed by atoms with E-state index in [0.717, 1.165) is 11.1 Å². The second-order valence-corrected chi connectivity index (χ2v) is 7.79. The number of nitrogens with one attached hydrogen (secondary N) is 1. The summed E-state index contributed by atoms with van der Waals surface area (Å²) >= 11 is 0. The molecule has 5 heteroatoms. The van der Waals surface area contributed by atoms with Crippen molar-refractivity contribution in [2.24, 2.45) is 5.92 Å². The van der Waals surface area contributed by atoms with Gasteiger partial charge in [-0.15, -0.1) is 0 Å². The van der Waals surface area contributed by atoms with Gasteiger partial charge in [-0.2, -0.15) is 0 Å². The summed E-state index contributed by atoms with van der Waals surface area (Å²) in [6.45, 7) is 6.33. The second kappa shape index (κ2) is 7.09. The zero-order valence-electron chi connectivity index (χ0n) is 12.9. The van der Waals surface area contributed by atoms with Crippen LogP contribution in [-0.4, -0.2) is 27.8 Å². The van der Waals surface area contributed by atoms with Crippen LogP contribution in [-0.2, 0) is 22.1 Å². The van der Waals surface area contributed by atoms with Crippen LogP contribution in [0.1, 0.15) is 31.9 Å². The highest BCUT2D eigenvalue weighted by atomic mass is 32.2. The van der Waals surface area contributed by atoms with Crippen molar-refractivity contribution in [3.63, 3.8) is 0 Å². The Labute approximate surface area is 122 Å². The van der Waals surface area contributed by atoms with Gasteiger partial charge in [-0.3, -0.25) is 0 Å². The summed E-state index contributed by atoms with van der Waals surface area (Å²) in [6.07, 6.45) is 0. The van der Waals surface area contributed by atoms with Crippen molar-refractivity contribution in [2.75, 3.05) is 14.2 Å². The first-order valence-electron chi connectivity index (χ1n) is 6.83. The average Bonchev–Trinajstić information content (AvgIpc) is 2.38. The number of ether oxygens (including phenoxy) is 1. The summed E-state index contributed by atoms with van der Waals surface area (Å²) in [5.74, 6) is 0.753. The van der Waals surface area contributed by atoms with Crippen molar-refractivity contribution in [2.45, 2.75) is 38.3 Å². The first kappa shape index (κ1) is 17.0. The molecule has 0 saturated heterocycles. The second-order valence-electron chi connectivity index (χ2n) is 5.43. The van der Waals surface area contributed by atoms with Gasteiger partial charge in [0.05, 0.1) is 18.1 Å². The summed E-state index contributed by atoms with van der Waals surface area (Å²) in [7, 11) is 0.250. The molecular formula is C15H25NO3S. The van der Waals surface area contributed by atoms with E-state index >= 15 is 0 Å². The Kier molecular flexibility index (Phi) is 6.02. The molecule has 1 unspecified atom stereocenters. The molecular weight excluding hydrogens is 274 g/mol. The Morgan fingerprint density at radius 1 is 1.25 bits per heavy atom. The van der Waals surface area contributed by atoms with E-state index in [4.69, 9.17) is 4.74 Å². The molecule has 0 amide bonds. The van der Waals surface area contributed by atoms with Gasteiger partial charge in [-0.1, -0.05) is 19.9 Å². The minimum Gasteiger partial charge on any atom is -0.496 e. The first-order valence-corrected chi connectivity index (χ1v) is 8.55. The van der Waals surface area contributed by atoms with Crippen LogP contribution in [0, 0.1) is 5.92 Å². The molecule has 0 heterocycles. The highest BCUT2D eigenvalue weighted by Gasteiger charge is 2.25. The molecule has 0 aliphatic carbocycles. The standard InChI is InChI=1S/C15H25NO3S/c1-11(2)12(3)20(17,18)10-14-8-13(9-16-4)6-7-15(14)19-5/h6-8,11-12,16H,9-10H2,1-5H3. The number of hydrogen-bond acceptors (Lipinski definition) is 4. The molecule has 1 rings (SSSR count). The molecule has 0 radical (unpaired) electrons. The minimum atomic E-state index is -3.18. The third-order valence-corrected chi connectivity index (χ3v) is 5.98. The third-order valence-electron chi connectivity index (χ3n) is 3.59. The highest BCUT2D eigenvalue weighted by Crippen LogP contribution is 2.25. The van der Waals surface area contributed by atoms with Gasteiger partial charge in [-0.05, 0) is 37.6 Å². The molecule has 0 aromatic heterocycles. The Hall–Kier alpha value is -1.07. The Morgan fingerprint density at radius 2 is 1.90 bits per heavy atom. The predicted octanol–water partition coefficient (Wildman–Crippen LogP) is 2.37. The Balaban J connectivity index is 3.09. The van der Waals surface area contributed by atoms with Crippen LogP contribution in [0.3, 0.4) is 0 Å². The van der Waals surface area contributed by atoms with Gasteiger partial charge < -0.3 is 10.1 Å². The molecule has 0 saturated carbocycles. The number of benzene rings is 1. The summed E-state index contributed by atoms with van der Waals surface area (Å²) < 4.78 is 30.1. The van der Waals surface area contributed by atoms with Crippen molar-refractivity contribution in [1.82, 2.24) is 5.32 Å². The van der Waals surface area contributed by atoms with Gasteiger partial charge in [0.2, 0.25) is 0 Å². The van der Waals surface area contributed by atoms with E-state index in [2.05, 4.69) is 5.32 Å². The lowest BCUT2D eigenvalue weighted by atomic mass is 10.1. The maximum Gasteiger partial charge on any atom is 0.157 e. The smallest absolute Gasteiger partial charge is 0.157 e. The summed E-state index contributed by atoms with van der Waals surface area (Å²) in [4.78, 5) is 0. The van der Waals surface area contributed by atoms with Crippen LogP contribution in [0.25, 0.3) is 0 Å². The number of rotatable bonds is 7. The van der Waals surface area contributed by atoms with Gasteiger partial charge in [0.1, 0.15) is 5.75 Å². The summed E-state index contributed by atoms with van der Waals surface area (Å²) in [5, 5.41) is 2.70. The third kappa shape index (κ3) is 4.21. The number of sulfone groups is 1. The zero-order valence-corrected chi connectivity index (χ0v) is 13.8. The van der Waals surface area contributed by atoms with Gasteiger partial charge >= 0.3 is 0 Å². The molecule has 1 aromatic rings. The maximum atomic E-state index is 12.4. The van der Waals surface area contributed by atoms with Crippen LogP contribution < -0.4 is 10.1 Å². The molecule has 1 atom stereocenters. The quantitative estimate of drug-likeness (QED) is 0.840. The topological polar surface area (TPSA) is 55.4 Å². The molecule has 20 heavy (non-hydrogen) atoms. The van der Waals surface area contributed by atoms with Crippen LogP contribution in [0.5, 0.6) is 5.75 Å². The molecule has 0 spiro atoms. The fourth-order valence-electron chi connectivity index (χ4n) is 2.02. The maximum absolute atomic E-state index is 12.4. The van der Waals surface area contributed by atoms with E-state index in [1.807, 2.05) is 39.1 Å². The summed E-state index contributed by atoms with van der Waals surface area (Å²) in [6, 6.07) is 5.68. The van der Waals surface area contributed by atoms with Gasteiger partial charge in [-0.25, -0.2) is 8.42 Å². The number of methoxy groups -OCH3 is 1. The van der Waals surface area contributed by atoms with E-state index in [0.29, 0.717) is 12.3 Å². The molecule has 114 valence electrons. The highest BCUT2D eigenvalue weighted by molar-refractivity contribution is 7.91. The van der Waals surface area contributed by atoms with Crippen molar-refractivity contribution in [3.8, 4) is 5.75 Å². The van der Waals surface area contributed by atoms with E-state index in [1.54, 1.807) is 14.0 Å². The lowest BCUT2D eigenvalue weighted by Crippen LogP contribution is -2.25.